The molecule has 0 bridgehead atoms. The number of rotatable bonds is 6. The summed E-state index contributed by atoms with van der Waals surface area (Å²) in [6, 6.07) is 14.7. The van der Waals surface area contributed by atoms with E-state index in [2.05, 4.69) is 56.4 Å². The quantitative estimate of drug-likeness (QED) is 0.787. The third kappa shape index (κ3) is 4.02. The van der Waals surface area contributed by atoms with Gasteiger partial charge in [0.15, 0.2) is 0 Å². The van der Waals surface area contributed by atoms with E-state index >= 15 is 0 Å². The van der Waals surface area contributed by atoms with Crippen LogP contribution >= 0.6 is 0 Å². The predicted octanol–water partition coefficient (Wildman–Crippen LogP) is 4.36. The van der Waals surface area contributed by atoms with Crippen LogP contribution in [0.15, 0.2) is 42.5 Å². The summed E-state index contributed by atoms with van der Waals surface area (Å²) >= 11 is 0. The van der Waals surface area contributed by atoms with Gasteiger partial charge in [-0.25, -0.2) is 0 Å². The van der Waals surface area contributed by atoms with E-state index in [1.807, 2.05) is 12.1 Å². The molecule has 0 aliphatic rings. The highest BCUT2D eigenvalue weighted by atomic mass is 16.5. The van der Waals surface area contributed by atoms with Gasteiger partial charge in [0.25, 0.3) is 0 Å². The largest absolute Gasteiger partial charge is 0.492 e. The number of hydrogen-bond acceptors (Lipinski definition) is 2. The van der Waals surface area contributed by atoms with Crippen LogP contribution in [0.3, 0.4) is 0 Å². The molecular weight excluding hydrogens is 246 g/mol. The van der Waals surface area contributed by atoms with E-state index in [1.54, 1.807) is 0 Å². The fourth-order valence-corrected chi connectivity index (χ4v) is 2.04. The van der Waals surface area contributed by atoms with Gasteiger partial charge >= 0.3 is 0 Å². The first-order valence-corrected chi connectivity index (χ1v) is 7.22. The lowest BCUT2D eigenvalue weighted by Crippen LogP contribution is -2.11. The summed E-state index contributed by atoms with van der Waals surface area (Å²) in [5.74, 6) is 0.934. The average molecular weight is 269 g/mol. The van der Waals surface area contributed by atoms with Crippen molar-refractivity contribution in [2.75, 3.05) is 18.5 Å². The monoisotopic (exact) mass is 269 g/mol. The van der Waals surface area contributed by atoms with Crippen LogP contribution in [0.2, 0.25) is 0 Å². The molecule has 0 heterocycles. The Kier molecular flexibility index (Phi) is 5.05. The van der Waals surface area contributed by atoms with Gasteiger partial charge in [0.1, 0.15) is 12.4 Å². The van der Waals surface area contributed by atoms with Crippen LogP contribution in [0, 0.1) is 13.8 Å². The van der Waals surface area contributed by atoms with Crippen molar-refractivity contribution < 1.29 is 4.74 Å². The standard InChI is InChI=1S/C18H23NO/c1-4-16-6-9-18(10-7-16)20-12-11-19-17-8-5-14(2)15(3)13-17/h5-10,13,19H,4,11-12H2,1-3H3. The van der Waals surface area contributed by atoms with Crippen molar-refractivity contribution in [3.63, 3.8) is 0 Å². The van der Waals surface area contributed by atoms with Gasteiger partial charge in [-0.1, -0.05) is 25.1 Å². The van der Waals surface area contributed by atoms with Gasteiger partial charge in [-0.05, 0) is 61.2 Å². The highest BCUT2D eigenvalue weighted by Gasteiger charge is 1.97. The Morgan fingerprint density at radius 3 is 2.35 bits per heavy atom. The van der Waals surface area contributed by atoms with Crippen molar-refractivity contribution in [3.8, 4) is 5.75 Å². The number of ether oxygens (including phenoxy) is 1. The summed E-state index contributed by atoms with van der Waals surface area (Å²) in [5, 5.41) is 3.38. The summed E-state index contributed by atoms with van der Waals surface area (Å²) in [5.41, 5.74) is 5.12. The third-order valence-corrected chi connectivity index (χ3v) is 3.54. The zero-order valence-corrected chi connectivity index (χ0v) is 12.6. The van der Waals surface area contributed by atoms with E-state index in [0.717, 1.165) is 24.4 Å². The van der Waals surface area contributed by atoms with E-state index in [0.29, 0.717) is 6.61 Å². The first-order valence-electron chi connectivity index (χ1n) is 7.22. The van der Waals surface area contributed by atoms with E-state index < -0.39 is 0 Å². The molecule has 2 nitrogen and oxygen atoms in total. The third-order valence-electron chi connectivity index (χ3n) is 3.54. The Hall–Kier alpha value is -1.96. The summed E-state index contributed by atoms with van der Waals surface area (Å²) in [6.45, 7) is 7.88. The lowest BCUT2D eigenvalue weighted by molar-refractivity contribution is 0.333. The Labute approximate surface area is 121 Å². The van der Waals surface area contributed by atoms with Crippen LogP contribution < -0.4 is 10.1 Å². The van der Waals surface area contributed by atoms with E-state index in [9.17, 15) is 0 Å². The van der Waals surface area contributed by atoms with Crippen LogP contribution in [0.4, 0.5) is 5.69 Å². The Morgan fingerprint density at radius 2 is 1.70 bits per heavy atom. The van der Waals surface area contributed by atoms with Crippen molar-refractivity contribution >= 4 is 5.69 Å². The topological polar surface area (TPSA) is 21.3 Å². The summed E-state index contributed by atoms with van der Waals surface area (Å²) in [4.78, 5) is 0. The van der Waals surface area contributed by atoms with Crippen molar-refractivity contribution in [2.24, 2.45) is 0 Å². The number of nitrogens with one attached hydrogen (secondary N) is 1. The molecule has 0 atom stereocenters. The van der Waals surface area contributed by atoms with Gasteiger partial charge in [0.2, 0.25) is 0 Å². The number of aryl methyl sites for hydroxylation is 3. The van der Waals surface area contributed by atoms with Gasteiger partial charge in [-0.3, -0.25) is 0 Å². The van der Waals surface area contributed by atoms with Gasteiger partial charge in [-0.15, -0.1) is 0 Å². The van der Waals surface area contributed by atoms with E-state index in [-0.39, 0.29) is 0 Å². The number of anilines is 1. The second kappa shape index (κ2) is 6.99. The summed E-state index contributed by atoms with van der Waals surface area (Å²) in [7, 11) is 0. The molecule has 0 fully saturated rings. The molecule has 0 unspecified atom stereocenters. The molecule has 0 aromatic heterocycles. The number of benzene rings is 2. The molecule has 0 aliphatic carbocycles. The molecule has 0 aliphatic heterocycles. The van der Waals surface area contributed by atoms with Crippen molar-refractivity contribution in [1.82, 2.24) is 0 Å². The Morgan fingerprint density at radius 1 is 0.950 bits per heavy atom. The van der Waals surface area contributed by atoms with Crippen LogP contribution in [0.25, 0.3) is 0 Å². The minimum Gasteiger partial charge on any atom is -0.492 e. The molecule has 20 heavy (non-hydrogen) atoms. The maximum Gasteiger partial charge on any atom is 0.119 e. The Balaban J connectivity index is 1.76. The minimum absolute atomic E-state index is 0.665. The van der Waals surface area contributed by atoms with Crippen molar-refractivity contribution in [2.45, 2.75) is 27.2 Å². The highest BCUT2D eigenvalue weighted by Crippen LogP contribution is 2.14. The molecule has 1 N–H and O–H groups in total. The molecule has 2 heteroatoms. The summed E-state index contributed by atoms with van der Waals surface area (Å²) in [6.07, 6.45) is 1.06. The molecule has 0 spiro atoms. The van der Waals surface area contributed by atoms with Crippen molar-refractivity contribution in [1.29, 1.82) is 0 Å². The molecule has 2 aromatic carbocycles. The maximum atomic E-state index is 5.72. The fraction of sp³-hybridized carbons (Fsp3) is 0.333. The molecule has 0 saturated heterocycles. The van der Waals surface area contributed by atoms with Crippen LogP contribution in [-0.4, -0.2) is 13.2 Å². The fourth-order valence-electron chi connectivity index (χ4n) is 2.04. The second-order valence-corrected chi connectivity index (χ2v) is 5.07. The molecule has 106 valence electrons. The van der Waals surface area contributed by atoms with Crippen LogP contribution in [0.1, 0.15) is 23.6 Å². The lowest BCUT2D eigenvalue weighted by Gasteiger charge is -2.10. The molecule has 0 saturated carbocycles. The molecule has 0 radical (unpaired) electrons. The molecule has 2 rings (SSSR count). The molecule has 0 amide bonds. The predicted molar refractivity (Wildman–Crippen MR) is 85.7 cm³/mol. The highest BCUT2D eigenvalue weighted by molar-refractivity contribution is 5.48. The zero-order valence-electron chi connectivity index (χ0n) is 12.6. The Bertz CT molecular complexity index is 546. The van der Waals surface area contributed by atoms with Gasteiger partial charge < -0.3 is 10.1 Å². The number of hydrogen-bond donors (Lipinski definition) is 1. The van der Waals surface area contributed by atoms with E-state index in [1.165, 1.54) is 16.7 Å². The first kappa shape index (κ1) is 14.4. The maximum absolute atomic E-state index is 5.72. The summed E-state index contributed by atoms with van der Waals surface area (Å²) < 4.78 is 5.72. The SMILES string of the molecule is CCc1ccc(OCCNc2ccc(C)c(C)c2)cc1. The van der Waals surface area contributed by atoms with Crippen LogP contribution in [-0.2, 0) is 6.42 Å². The average Bonchev–Trinajstić information content (AvgIpc) is 2.48. The smallest absolute Gasteiger partial charge is 0.119 e. The first-order chi connectivity index (χ1) is 9.69. The van der Waals surface area contributed by atoms with Gasteiger partial charge in [0.05, 0.1) is 0 Å². The van der Waals surface area contributed by atoms with Crippen LogP contribution in [0.5, 0.6) is 5.75 Å². The zero-order chi connectivity index (χ0) is 14.4. The normalized spacial score (nSPS) is 10.3. The second-order valence-electron chi connectivity index (χ2n) is 5.07. The van der Waals surface area contributed by atoms with E-state index in [4.69, 9.17) is 4.74 Å². The molecular formula is C18H23NO. The lowest BCUT2D eigenvalue weighted by atomic mass is 10.1. The minimum atomic E-state index is 0.665. The molecule has 2 aromatic rings. The van der Waals surface area contributed by atoms with Gasteiger partial charge in [-0.2, -0.15) is 0 Å². The van der Waals surface area contributed by atoms with Gasteiger partial charge in [0, 0.05) is 12.2 Å². The van der Waals surface area contributed by atoms with Crippen molar-refractivity contribution in [3.05, 3.63) is 59.2 Å².